The zero-order valence-electron chi connectivity index (χ0n) is 15.6. The van der Waals surface area contributed by atoms with Crippen LogP contribution in [-0.4, -0.2) is 44.3 Å². The van der Waals surface area contributed by atoms with Crippen LogP contribution in [0.25, 0.3) is 6.08 Å². The van der Waals surface area contributed by atoms with Crippen molar-refractivity contribution in [2.75, 3.05) is 26.8 Å². The van der Waals surface area contributed by atoms with Gasteiger partial charge in [0.15, 0.2) is 17.3 Å². The highest BCUT2D eigenvalue weighted by atomic mass is 16.5. The molecule has 1 fully saturated rings. The fourth-order valence-corrected chi connectivity index (χ4v) is 2.98. The van der Waals surface area contributed by atoms with Crippen LogP contribution < -0.4 is 14.8 Å². The van der Waals surface area contributed by atoms with E-state index in [0.717, 1.165) is 18.7 Å². The maximum atomic E-state index is 12.2. The fraction of sp³-hybridized carbons (Fsp3) is 0.550. The van der Waals surface area contributed by atoms with Crippen LogP contribution in [0.1, 0.15) is 39.2 Å². The monoisotopic (exact) mass is 347 g/mol. The van der Waals surface area contributed by atoms with Gasteiger partial charge in [0, 0.05) is 19.5 Å². The molecule has 2 rings (SSSR count). The minimum atomic E-state index is -0.274. The van der Waals surface area contributed by atoms with E-state index >= 15 is 0 Å². The highest BCUT2D eigenvalue weighted by Crippen LogP contribution is 2.28. The second-order valence-electron chi connectivity index (χ2n) is 6.65. The van der Waals surface area contributed by atoms with Crippen molar-refractivity contribution in [3.8, 4) is 11.5 Å². The lowest BCUT2D eigenvalue weighted by Gasteiger charge is -2.38. The first-order chi connectivity index (χ1) is 12.0. The number of allylic oxidation sites excluding steroid dienone is 1. The van der Waals surface area contributed by atoms with Crippen LogP contribution in [-0.2, 0) is 9.53 Å². The Morgan fingerprint density at radius 1 is 1.44 bits per heavy atom. The summed E-state index contributed by atoms with van der Waals surface area (Å²) in [4.78, 5) is 12.2. The van der Waals surface area contributed by atoms with Gasteiger partial charge in [-0.1, -0.05) is 12.1 Å². The Morgan fingerprint density at radius 2 is 2.24 bits per heavy atom. The van der Waals surface area contributed by atoms with E-state index in [1.54, 1.807) is 13.2 Å². The smallest absolute Gasteiger partial charge is 0.161 e. The molecule has 0 aliphatic carbocycles. The molecule has 5 heteroatoms. The largest absolute Gasteiger partial charge is 0.493 e. The van der Waals surface area contributed by atoms with Crippen LogP contribution in [0.2, 0.25) is 0 Å². The third-order valence-corrected chi connectivity index (χ3v) is 4.27. The van der Waals surface area contributed by atoms with E-state index in [0.29, 0.717) is 30.9 Å². The summed E-state index contributed by atoms with van der Waals surface area (Å²) in [7, 11) is 1.61. The van der Waals surface area contributed by atoms with E-state index in [2.05, 4.69) is 12.2 Å². The van der Waals surface area contributed by atoms with Gasteiger partial charge in [0.05, 0.1) is 25.4 Å². The molecule has 1 aromatic rings. The topological polar surface area (TPSA) is 56.8 Å². The maximum Gasteiger partial charge on any atom is 0.161 e. The van der Waals surface area contributed by atoms with E-state index in [9.17, 15) is 4.79 Å². The SMILES string of the molecule is CCOc1cc(C=CC(=O)CCC2(C)CNCC(C)O2)ccc1OC. The third-order valence-electron chi connectivity index (χ3n) is 4.27. The van der Waals surface area contributed by atoms with Crippen LogP contribution in [0.5, 0.6) is 11.5 Å². The molecule has 0 spiro atoms. The molecular formula is C20H29NO4. The third kappa shape index (κ3) is 5.87. The Balaban J connectivity index is 1.92. The van der Waals surface area contributed by atoms with Crippen molar-refractivity contribution >= 4 is 11.9 Å². The molecule has 0 saturated carbocycles. The standard InChI is InChI=1S/C20H29NO4/c1-5-24-19-12-16(7-9-18(19)23-4)6-8-17(22)10-11-20(3)14-21-13-15(2)25-20/h6-9,12,15,21H,5,10-11,13-14H2,1-4H3. The van der Waals surface area contributed by atoms with Gasteiger partial charge in [-0.25, -0.2) is 0 Å². The van der Waals surface area contributed by atoms with Crippen molar-refractivity contribution in [1.82, 2.24) is 5.32 Å². The number of morpholine rings is 1. The average Bonchev–Trinajstić information content (AvgIpc) is 2.58. The Labute approximate surface area is 150 Å². The number of nitrogens with one attached hydrogen (secondary N) is 1. The van der Waals surface area contributed by atoms with Crippen molar-refractivity contribution in [2.24, 2.45) is 0 Å². The van der Waals surface area contributed by atoms with Crippen molar-refractivity contribution in [3.63, 3.8) is 0 Å². The van der Waals surface area contributed by atoms with Crippen LogP contribution in [0.3, 0.4) is 0 Å². The summed E-state index contributed by atoms with van der Waals surface area (Å²) in [6, 6.07) is 5.63. The summed E-state index contributed by atoms with van der Waals surface area (Å²) in [5.41, 5.74) is 0.636. The Morgan fingerprint density at radius 3 is 2.92 bits per heavy atom. The molecule has 1 aliphatic rings. The van der Waals surface area contributed by atoms with E-state index in [1.165, 1.54) is 0 Å². The average molecular weight is 347 g/mol. The first-order valence-corrected chi connectivity index (χ1v) is 8.86. The van der Waals surface area contributed by atoms with Gasteiger partial charge in [-0.15, -0.1) is 0 Å². The molecule has 2 atom stereocenters. The lowest BCUT2D eigenvalue weighted by molar-refractivity contribution is -0.121. The lowest BCUT2D eigenvalue weighted by atomic mass is 9.96. The van der Waals surface area contributed by atoms with Gasteiger partial charge in [-0.2, -0.15) is 0 Å². The summed E-state index contributed by atoms with van der Waals surface area (Å²) in [6.45, 7) is 8.24. The number of benzene rings is 1. The number of carbonyl (C=O) groups excluding carboxylic acids is 1. The quantitative estimate of drug-likeness (QED) is 0.732. The molecule has 5 nitrogen and oxygen atoms in total. The van der Waals surface area contributed by atoms with Gasteiger partial charge in [0.2, 0.25) is 0 Å². The van der Waals surface area contributed by atoms with Crippen LogP contribution in [0.4, 0.5) is 0 Å². The molecule has 0 aromatic heterocycles. The Bertz CT molecular complexity index is 614. The van der Waals surface area contributed by atoms with Crippen molar-refractivity contribution < 1.29 is 19.0 Å². The molecule has 1 N–H and O–H groups in total. The van der Waals surface area contributed by atoms with Gasteiger partial charge >= 0.3 is 0 Å². The lowest BCUT2D eigenvalue weighted by Crippen LogP contribution is -2.51. The Kier molecular flexibility index (Phi) is 7.02. The van der Waals surface area contributed by atoms with Crippen molar-refractivity contribution in [3.05, 3.63) is 29.8 Å². The molecule has 25 heavy (non-hydrogen) atoms. The summed E-state index contributed by atoms with van der Waals surface area (Å²) < 4.78 is 16.8. The summed E-state index contributed by atoms with van der Waals surface area (Å²) >= 11 is 0. The van der Waals surface area contributed by atoms with Gasteiger partial charge < -0.3 is 19.5 Å². The first-order valence-electron chi connectivity index (χ1n) is 8.86. The molecule has 0 radical (unpaired) electrons. The zero-order valence-corrected chi connectivity index (χ0v) is 15.6. The molecule has 0 amide bonds. The van der Waals surface area contributed by atoms with Crippen LogP contribution in [0.15, 0.2) is 24.3 Å². The van der Waals surface area contributed by atoms with Gasteiger partial charge in [-0.05, 0) is 51.0 Å². The second kappa shape index (κ2) is 9.02. The Hall–Kier alpha value is -1.85. The molecule has 1 saturated heterocycles. The van der Waals surface area contributed by atoms with Crippen LogP contribution in [0, 0.1) is 0 Å². The van der Waals surface area contributed by atoms with Crippen molar-refractivity contribution in [2.45, 2.75) is 45.3 Å². The second-order valence-corrected chi connectivity index (χ2v) is 6.65. The van der Waals surface area contributed by atoms with E-state index in [4.69, 9.17) is 14.2 Å². The highest BCUT2D eigenvalue weighted by molar-refractivity contribution is 5.93. The normalized spacial score (nSPS) is 23.6. The predicted octanol–water partition coefficient (Wildman–Crippen LogP) is 3.22. The number of ether oxygens (including phenoxy) is 3. The van der Waals surface area contributed by atoms with E-state index < -0.39 is 0 Å². The summed E-state index contributed by atoms with van der Waals surface area (Å²) in [5, 5.41) is 3.36. The van der Waals surface area contributed by atoms with Crippen LogP contribution >= 0.6 is 0 Å². The van der Waals surface area contributed by atoms with Gasteiger partial charge in [0.1, 0.15) is 0 Å². The van der Waals surface area contributed by atoms with Gasteiger partial charge in [0.25, 0.3) is 0 Å². The molecule has 0 bridgehead atoms. The van der Waals surface area contributed by atoms with Crippen molar-refractivity contribution in [1.29, 1.82) is 0 Å². The molecule has 1 aliphatic heterocycles. The number of methoxy groups -OCH3 is 1. The number of carbonyl (C=O) groups is 1. The molecule has 1 heterocycles. The number of hydrogen-bond donors (Lipinski definition) is 1. The minimum Gasteiger partial charge on any atom is -0.493 e. The number of ketones is 1. The fourth-order valence-electron chi connectivity index (χ4n) is 2.98. The maximum absolute atomic E-state index is 12.2. The molecular weight excluding hydrogens is 318 g/mol. The molecule has 2 unspecified atom stereocenters. The summed E-state index contributed by atoms with van der Waals surface area (Å²) in [6.07, 6.45) is 4.80. The minimum absolute atomic E-state index is 0.0943. The highest BCUT2D eigenvalue weighted by Gasteiger charge is 2.31. The first kappa shape index (κ1) is 19.5. The predicted molar refractivity (Wildman–Crippen MR) is 99.3 cm³/mol. The molecule has 138 valence electrons. The zero-order chi connectivity index (χ0) is 18.3. The van der Waals surface area contributed by atoms with E-state index in [-0.39, 0.29) is 17.5 Å². The van der Waals surface area contributed by atoms with Gasteiger partial charge in [-0.3, -0.25) is 4.79 Å². The number of rotatable bonds is 8. The summed E-state index contributed by atoms with van der Waals surface area (Å²) in [5.74, 6) is 1.47. The molecule has 1 aromatic carbocycles. The number of hydrogen-bond acceptors (Lipinski definition) is 5. The van der Waals surface area contributed by atoms with E-state index in [1.807, 2.05) is 38.1 Å².